The molecule has 0 bridgehead atoms. The molecule has 0 saturated carbocycles. The molecule has 0 fully saturated rings. The fourth-order valence-electron chi connectivity index (χ4n) is 4.50. The summed E-state index contributed by atoms with van der Waals surface area (Å²) in [5.74, 6) is 0.926. The van der Waals surface area contributed by atoms with Crippen LogP contribution in [-0.4, -0.2) is 54.1 Å². The summed E-state index contributed by atoms with van der Waals surface area (Å²) in [4.78, 5) is 31.6. The maximum atomic E-state index is 13.6. The molecule has 36 heavy (non-hydrogen) atoms. The highest BCUT2D eigenvalue weighted by Gasteiger charge is 2.34. The lowest BCUT2D eigenvalue weighted by Gasteiger charge is -2.37. The lowest BCUT2D eigenvalue weighted by atomic mass is 10.00. The zero-order valence-electron chi connectivity index (χ0n) is 20.1. The van der Waals surface area contributed by atoms with E-state index in [1.807, 2.05) is 25.3 Å². The van der Waals surface area contributed by atoms with E-state index < -0.39 is 0 Å². The summed E-state index contributed by atoms with van der Waals surface area (Å²) in [6.07, 6.45) is 0.754. The first kappa shape index (κ1) is 24.1. The second-order valence-corrected chi connectivity index (χ2v) is 10.0. The van der Waals surface area contributed by atoms with E-state index in [9.17, 15) is 14.0 Å². The predicted octanol–water partition coefficient (Wildman–Crippen LogP) is 4.67. The summed E-state index contributed by atoms with van der Waals surface area (Å²) in [6, 6.07) is 12.4. The topological polar surface area (TPSA) is 68.3 Å². The van der Waals surface area contributed by atoms with Crippen molar-refractivity contribution in [1.82, 2.24) is 9.80 Å². The molecule has 0 aliphatic carbocycles. The van der Waals surface area contributed by atoms with Crippen molar-refractivity contribution >= 4 is 23.2 Å². The molecule has 5 rings (SSSR count). The first-order valence-electron chi connectivity index (χ1n) is 11.9. The Morgan fingerprint density at radius 3 is 2.69 bits per heavy atom. The molecule has 2 aromatic carbocycles. The molecular weight excluding hydrogens is 483 g/mol. The van der Waals surface area contributed by atoms with E-state index in [1.165, 1.54) is 17.0 Å². The second kappa shape index (κ2) is 10.2. The fourth-order valence-corrected chi connectivity index (χ4v) is 5.43. The van der Waals surface area contributed by atoms with Crippen LogP contribution < -0.4 is 14.2 Å². The van der Waals surface area contributed by atoms with Gasteiger partial charge >= 0.3 is 0 Å². The molecule has 3 heterocycles. The summed E-state index contributed by atoms with van der Waals surface area (Å²) in [5, 5.41) is 2.02. The van der Waals surface area contributed by atoms with Gasteiger partial charge in [0, 0.05) is 23.0 Å². The number of ether oxygens (including phenoxy) is 3. The Hall–Kier alpha value is -3.59. The average molecular weight is 511 g/mol. The van der Waals surface area contributed by atoms with Crippen molar-refractivity contribution in [3.05, 3.63) is 75.7 Å². The molecule has 0 unspecified atom stereocenters. The highest BCUT2D eigenvalue weighted by Crippen LogP contribution is 2.35. The SMILES string of the molecule is CC(C)N(CC(=O)N1CCc2sccc2[C@H]1COc1ccc(F)cc1)C(=O)c1ccc2c(c1)OCO2. The minimum Gasteiger partial charge on any atom is -0.491 e. The first-order chi connectivity index (χ1) is 17.4. The van der Waals surface area contributed by atoms with E-state index in [2.05, 4.69) is 0 Å². The molecule has 2 amide bonds. The number of amides is 2. The smallest absolute Gasteiger partial charge is 0.254 e. The highest BCUT2D eigenvalue weighted by atomic mass is 32.1. The number of thiophene rings is 1. The molecule has 0 N–H and O–H groups in total. The van der Waals surface area contributed by atoms with E-state index in [4.69, 9.17) is 14.2 Å². The minimum atomic E-state index is -0.335. The standard InChI is InChI=1S/C27H27FN2O5S/c1-17(2)30(27(32)18-3-8-23-24(13-18)35-16-34-23)14-26(31)29-11-9-25-21(10-12-36-25)22(29)15-33-20-6-4-19(28)5-7-20/h3-8,10,12-13,17,22H,9,11,14-16H2,1-2H3/t22-/m1/s1. The van der Waals surface area contributed by atoms with Crippen molar-refractivity contribution in [2.75, 3.05) is 26.5 Å². The van der Waals surface area contributed by atoms with Gasteiger partial charge in [-0.2, -0.15) is 0 Å². The van der Waals surface area contributed by atoms with Gasteiger partial charge in [-0.05, 0) is 79.7 Å². The Balaban J connectivity index is 1.34. The van der Waals surface area contributed by atoms with Crippen molar-refractivity contribution < 1.29 is 28.2 Å². The molecule has 188 valence electrons. The Bertz CT molecular complexity index is 1260. The summed E-state index contributed by atoms with van der Waals surface area (Å²) in [5.41, 5.74) is 1.50. The van der Waals surface area contributed by atoms with Gasteiger partial charge < -0.3 is 24.0 Å². The van der Waals surface area contributed by atoms with Gasteiger partial charge in [-0.15, -0.1) is 11.3 Å². The Morgan fingerprint density at radius 2 is 1.92 bits per heavy atom. The Morgan fingerprint density at radius 1 is 1.14 bits per heavy atom. The van der Waals surface area contributed by atoms with Crippen molar-refractivity contribution in [3.63, 3.8) is 0 Å². The van der Waals surface area contributed by atoms with Crippen molar-refractivity contribution in [3.8, 4) is 17.2 Å². The number of hydrogen-bond donors (Lipinski definition) is 0. The lowest BCUT2D eigenvalue weighted by molar-refractivity contribution is -0.136. The van der Waals surface area contributed by atoms with Crippen LogP contribution in [0.5, 0.6) is 17.2 Å². The molecule has 1 aromatic heterocycles. The highest BCUT2D eigenvalue weighted by molar-refractivity contribution is 7.10. The van der Waals surface area contributed by atoms with Gasteiger partial charge in [0.05, 0.1) is 6.04 Å². The predicted molar refractivity (Wildman–Crippen MR) is 133 cm³/mol. The van der Waals surface area contributed by atoms with Crippen LogP contribution in [0.25, 0.3) is 0 Å². The quantitative estimate of drug-likeness (QED) is 0.462. The van der Waals surface area contributed by atoms with Gasteiger partial charge in [-0.1, -0.05) is 0 Å². The van der Waals surface area contributed by atoms with Gasteiger partial charge in [0.1, 0.15) is 24.7 Å². The van der Waals surface area contributed by atoms with Crippen molar-refractivity contribution in [2.45, 2.75) is 32.4 Å². The molecule has 0 spiro atoms. The number of carbonyl (C=O) groups excluding carboxylic acids is 2. The largest absolute Gasteiger partial charge is 0.491 e. The van der Waals surface area contributed by atoms with Gasteiger partial charge in [0.15, 0.2) is 11.5 Å². The summed E-state index contributed by atoms with van der Waals surface area (Å²) in [6.45, 7) is 4.62. The Labute approximate surface area is 213 Å². The van der Waals surface area contributed by atoms with Crippen LogP contribution in [0.2, 0.25) is 0 Å². The van der Waals surface area contributed by atoms with Gasteiger partial charge in [0.2, 0.25) is 12.7 Å². The number of halogens is 1. The van der Waals surface area contributed by atoms with Crippen LogP contribution in [-0.2, 0) is 11.2 Å². The van der Waals surface area contributed by atoms with Crippen LogP contribution in [0.15, 0.2) is 53.9 Å². The van der Waals surface area contributed by atoms with Crippen molar-refractivity contribution in [2.24, 2.45) is 0 Å². The summed E-state index contributed by atoms with van der Waals surface area (Å²) >= 11 is 1.67. The number of carbonyl (C=O) groups is 2. The Kier molecular flexibility index (Phi) is 6.82. The van der Waals surface area contributed by atoms with Crippen LogP contribution in [0.3, 0.4) is 0 Å². The number of nitrogens with zero attached hydrogens (tertiary/aromatic N) is 2. The summed E-state index contributed by atoms with van der Waals surface area (Å²) < 4.78 is 30.0. The van der Waals surface area contributed by atoms with E-state index in [1.54, 1.807) is 51.5 Å². The molecular formula is C27H27FN2O5S. The zero-order chi connectivity index (χ0) is 25.2. The number of hydrogen-bond acceptors (Lipinski definition) is 6. The number of fused-ring (bicyclic) bond motifs is 2. The van der Waals surface area contributed by atoms with E-state index in [0.717, 1.165) is 12.0 Å². The molecule has 7 nitrogen and oxygen atoms in total. The maximum absolute atomic E-state index is 13.6. The molecule has 0 radical (unpaired) electrons. The average Bonchev–Trinajstić information content (AvgIpc) is 3.55. The van der Waals surface area contributed by atoms with Crippen LogP contribution >= 0.6 is 11.3 Å². The van der Waals surface area contributed by atoms with Gasteiger partial charge in [-0.25, -0.2) is 4.39 Å². The first-order valence-corrected chi connectivity index (χ1v) is 12.7. The molecule has 0 saturated heterocycles. The maximum Gasteiger partial charge on any atom is 0.254 e. The molecule has 3 aromatic rings. The van der Waals surface area contributed by atoms with Crippen LogP contribution in [0.1, 0.15) is 40.7 Å². The third kappa shape index (κ3) is 4.88. The number of rotatable bonds is 7. The monoisotopic (exact) mass is 510 g/mol. The second-order valence-electron chi connectivity index (χ2n) is 9.01. The molecule has 2 aliphatic rings. The van der Waals surface area contributed by atoms with Gasteiger partial charge in [-0.3, -0.25) is 9.59 Å². The summed E-state index contributed by atoms with van der Waals surface area (Å²) in [7, 11) is 0. The zero-order valence-corrected chi connectivity index (χ0v) is 20.9. The molecule has 9 heteroatoms. The number of benzene rings is 2. The molecule has 2 aliphatic heterocycles. The van der Waals surface area contributed by atoms with Crippen LogP contribution in [0.4, 0.5) is 4.39 Å². The van der Waals surface area contributed by atoms with E-state index in [0.29, 0.717) is 29.4 Å². The third-order valence-corrected chi connectivity index (χ3v) is 7.44. The van der Waals surface area contributed by atoms with E-state index >= 15 is 0 Å². The van der Waals surface area contributed by atoms with Gasteiger partial charge in [0.25, 0.3) is 5.91 Å². The normalized spacial score (nSPS) is 16.1. The van der Waals surface area contributed by atoms with Crippen molar-refractivity contribution in [1.29, 1.82) is 0 Å². The van der Waals surface area contributed by atoms with Crippen LogP contribution in [0, 0.1) is 5.82 Å². The minimum absolute atomic E-state index is 0.0581. The van der Waals surface area contributed by atoms with E-state index in [-0.39, 0.29) is 49.7 Å². The third-order valence-electron chi connectivity index (χ3n) is 6.45. The molecule has 1 atom stereocenters. The fraction of sp³-hybridized carbons (Fsp3) is 0.333. The lowest BCUT2D eigenvalue weighted by Crippen LogP contribution is -2.49.